The van der Waals surface area contributed by atoms with E-state index in [9.17, 15) is 0 Å². The van der Waals surface area contributed by atoms with Crippen molar-refractivity contribution in [3.8, 4) is 5.75 Å². The summed E-state index contributed by atoms with van der Waals surface area (Å²) < 4.78 is 11.1. The highest BCUT2D eigenvalue weighted by molar-refractivity contribution is 5.35. The van der Waals surface area contributed by atoms with Crippen molar-refractivity contribution < 1.29 is 9.26 Å². The summed E-state index contributed by atoms with van der Waals surface area (Å²) in [6.45, 7) is 4.69. The van der Waals surface area contributed by atoms with E-state index in [4.69, 9.17) is 9.26 Å². The Morgan fingerprint density at radius 1 is 1.30 bits per heavy atom. The van der Waals surface area contributed by atoms with Crippen molar-refractivity contribution in [1.82, 2.24) is 10.1 Å². The second kappa shape index (κ2) is 5.53. The number of aryl methyl sites for hydroxylation is 1. The van der Waals surface area contributed by atoms with Gasteiger partial charge in [-0.05, 0) is 24.5 Å². The van der Waals surface area contributed by atoms with Gasteiger partial charge in [0.15, 0.2) is 5.82 Å². The molecule has 3 rings (SSSR count). The number of hydrogen-bond acceptors (Lipinski definition) is 5. The largest absolute Gasteiger partial charge is 0.491 e. The van der Waals surface area contributed by atoms with Gasteiger partial charge in [-0.15, -0.1) is 0 Å². The predicted octanol–water partition coefficient (Wildman–Crippen LogP) is 3.00. The Morgan fingerprint density at radius 3 is 2.95 bits per heavy atom. The zero-order valence-corrected chi connectivity index (χ0v) is 11.8. The Labute approximate surface area is 118 Å². The van der Waals surface area contributed by atoms with Crippen molar-refractivity contribution in [2.24, 2.45) is 0 Å². The molecule has 1 N–H and O–H groups in total. The molecule has 0 saturated heterocycles. The average molecular weight is 273 g/mol. The summed E-state index contributed by atoms with van der Waals surface area (Å²) in [6, 6.07) is 8.83. The summed E-state index contributed by atoms with van der Waals surface area (Å²) in [6.07, 6.45) is 1.97. The Hall–Kier alpha value is -2.04. The summed E-state index contributed by atoms with van der Waals surface area (Å²) in [7, 11) is 0. The number of aromatic nitrogens is 2. The first-order valence-electron chi connectivity index (χ1n) is 7.03. The first-order valence-corrected chi connectivity index (χ1v) is 7.03. The van der Waals surface area contributed by atoms with Crippen molar-refractivity contribution in [1.29, 1.82) is 0 Å². The lowest BCUT2D eigenvalue weighted by atomic mass is 10.1. The van der Waals surface area contributed by atoms with Crippen LogP contribution in [-0.2, 0) is 6.42 Å². The fourth-order valence-electron chi connectivity index (χ4n) is 2.27. The molecule has 2 aromatic rings. The van der Waals surface area contributed by atoms with Crippen LogP contribution in [0, 0.1) is 0 Å². The van der Waals surface area contributed by atoms with Crippen LogP contribution in [0.5, 0.6) is 5.75 Å². The van der Waals surface area contributed by atoms with Crippen LogP contribution in [0.1, 0.15) is 37.6 Å². The second-order valence-corrected chi connectivity index (χ2v) is 5.41. The molecule has 0 amide bonds. The Kier molecular flexibility index (Phi) is 3.58. The predicted molar refractivity (Wildman–Crippen MR) is 76.1 cm³/mol. The molecule has 1 aromatic heterocycles. The molecule has 0 saturated carbocycles. The zero-order chi connectivity index (χ0) is 13.9. The molecule has 20 heavy (non-hydrogen) atoms. The third-order valence-corrected chi connectivity index (χ3v) is 3.46. The summed E-state index contributed by atoms with van der Waals surface area (Å²) >= 11 is 0. The van der Waals surface area contributed by atoms with Crippen LogP contribution < -0.4 is 10.1 Å². The van der Waals surface area contributed by atoms with E-state index in [2.05, 4.69) is 21.5 Å². The molecule has 1 atom stereocenters. The Balaban J connectivity index is 1.65. The number of nitrogens with zero attached hydrogens (tertiary/aromatic N) is 2. The van der Waals surface area contributed by atoms with Gasteiger partial charge >= 0.3 is 6.01 Å². The fraction of sp³-hybridized carbons (Fsp3) is 0.467. The van der Waals surface area contributed by atoms with E-state index in [0.29, 0.717) is 12.6 Å². The number of nitrogens with one attached hydrogen (secondary N) is 1. The summed E-state index contributed by atoms with van der Waals surface area (Å²) in [5.74, 6) is 1.97. The highest BCUT2D eigenvalue weighted by Gasteiger charge is 2.19. The summed E-state index contributed by atoms with van der Waals surface area (Å²) in [5, 5.41) is 7.22. The topological polar surface area (TPSA) is 60.2 Å². The Bertz CT molecular complexity index is 553. The number of benzene rings is 1. The van der Waals surface area contributed by atoms with Crippen molar-refractivity contribution >= 4 is 6.01 Å². The molecule has 106 valence electrons. The Morgan fingerprint density at radius 2 is 2.15 bits per heavy atom. The number of anilines is 1. The van der Waals surface area contributed by atoms with Gasteiger partial charge in [-0.2, -0.15) is 4.98 Å². The molecule has 0 radical (unpaired) electrons. The maximum atomic E-state index is 5.84. The number of para-hydroxylation sites is 1. The molecule has 0 spiro atoms. The first-order chi connectivity index (χ1) is 9.72. The second-order valence-electron chi connectivity index (χ2n) is 5.41. The van der Waals surface area contributed by atoms with Gasteiger partial charge in [0.05, 0.1) is 6.04 Å². The lowest BCUT2D eigenvalue weighted by molar-refractivity contribution is 0.298. The van der Waals surface area contributed by atoms with E-state index in [0.717, 1.165) is 24.4 Å². The quantitative estimate of drug-likeness (QED) is 0.931. The van der Waals surface area contributed by atoms with E-state index in [1.165, 1.54) is 5.56 Å². The van der Waals surface area contributed by atoms with Gasteiger partial charge in [0.2, 0.25) is 0 Å². The number of fused-ring (bicyclic) bond motifs is 1. The molecule has 2 heterocycles. The minimum Gasteiger partial charge on any atom is -0.491 e. The van der Waals surface area contributed by atoms with Crippen molar-refractivity contribution in [2.75, 3.05) is 11.9 Å². The normalized spacial score (nSPS) is 18.2. The molecule has 1 unspecified atom stereocenters. The molecule has 5 heteroatoms. The van der Waals surface area contributed by atoms with Crippen molar-refractivity contribution in [3.05, 3.63) is 35.7 Å². The van der Waals surface area contributed by atoms with Gasteiger partial charge in [-0.3, -0.25) is 0 Å². The van der Waals surface area contributed by atoms with Crippen LogP contribution in [0.2, 0.25) is 0 Å². The van der Waals surface area contributed by atoms with Gasteiger partial charge in [-0.1, -0.05) is 37.2 Å². The smallest absolute Gasteiger partial charge is 0.321 e. The molecular formula is C15H19N3O2. The van der Waals surface area contributed by atoms with E-state index in [-0.39, 0.29) is 12.0 Å². The number of hydrogen-bond donors (Lipinski definition) is 1. The summed E-state index contributed by atoms with van der Waals surface area (Å²) in [4.78, 5) is 4.34. The van der Waals surface area contributed by atoms with Crippen LogP contribution in [-0.4, -0.2) is 22.8 Å². The molecule has 1 aliphatic heterocycles. The molecule has 0 fully saturated rings. The molecular weight excluding hydrogens is 254 g/mol. The van der Waals surface area contributed by atoms with Gasteiger partial charge in [0.25, 0.3) is 0 Å². The van der Waals surface area contributed by atoms with E-state index < -0.39 is 0 Å². The SMILES string of the molecule is CC(C)c1noc(NC2CCc3ccccc3OC2)n1. The van der Waals surface area contributed by atoms with Gasteiger partial charge in [0, 0.05) is 5.92 Å². The molecule has 1 aromatic carbocycles. The van der Waals surface area contributed by atoms with Crippen LogP contribution in [0.15, 0.2) is 28.8 Å². The van der Waals surface area contributed by atoms with E-state index in [1.54, 1.807) is 0 Å². The van der Waals surface area contributed by atoms with E-state index in [1.807, 2.05) is 32.0 Å². The van der Waals surface area contributed by atoms with Gasteiger partial charge < -0.3 is 14.6 Å². The van der Waals surface area contributed by atoms with Crippen LogP contribution in [0.4, 0.5) is 6.01 Å². The maximum Gasteiger partial charge on any atom is 0.321 e. The fourth-order valence-corrected chi connectivity index (χ4v) is 2.27. The minimum absolute atomic E-state index is 0.183. The molecule has 0 aliphatic carbocycles. The van der Waals surface area contributed by atoms with Gasteiger partial charge in [-0.25, -0.2) is 0 Å². The maximum absolute atomic E-state index is 5.84. The van der Waals surface area contributed by atoms with Gasteiger partial charge in [0.1, 0.15) is 12.4 Å². The average Bonchev–Trinajstić information content (AvgIpc) is 2.82. The molecule has 1 aliphatic rings. The standard InChI is InChI=1S/C15H19N3O2/c1-10(2)14-17-15(20-18-14)16-12-8-7-11-5-3-4-6-13(11)19-9-12/h3-6,10,12H,7-9H2,1-2H3,(H,16,17,18). The lowest BCUT2D eigenvalue weighted by Gasteiger charge is -2.13. The summed E-state index contributed by atoms with van der Waals surface area (Å²) in [5.41, 5.74) is 1.25. The van der Waals surface area contributed by atoms with Crippen LogP contribution in [0.3, 0.4) is 0 Å². The third kappa shape index (κ3) is 2.76. The van der Waals surface area contributed by atoms with E-state index >= 15 is 0 Å². The lowest BCUT2D eigenvalue weighted by Crippen LogP contribution is -2.26. The highest BCUT2D eigenvalue weighted by atomic mass is 16.5. The first kappa shape index (κ1) is 13.0. The highest BCUT2D eigenvalue weighted by Crippen LogP contribution is 2.24. The monoisotopic (exact) mass is 273 g/mol. The van der Waals surface area contributed by atoms with Crippen molar-refractivity contribution in [3.63, 3.8) is 0 Å². The zero-order valence-electron chi connectivity index (χ0n) is 11.8. The molecule has 0 bridgehead atoms. The number of rotatable bonds is 3. The molecule has 5 nitrogen and oxygen atoms in total. The number of ether oxygens (including phenoxy) is 1. The van der Waals surface area contributed by atoms with Crippen LogP contribution in [0.25, 0.3) is 0 Å². The minimum atomic E-state index is 0.183. The third-order valence-electron chi connectivity index (χ3n) is 3.46. The van der Waals surface area contributed by atoms with Crippen molar-refractivity contribution in [2.45, 2.75) is 38.6 Å². The van der Waals surface area contributed by atoms with Crippen LogP contribution >= 0.6 is 0 Å².